The van der Waals surface area contributed by atoms with E-state index in [1.165, 1.54) is 0 Å². The Morgan fingerprint density at radius 3 is 2.39 bits per heavy atom. The lowest BCUT2D eigenvalue weighted by molar-refractivity contribution is 0.0949. The molecule has 0 aliphatic carbocycles. The Hall–Kier alpha value is -2.12. The van der Waals surface area contributed by atoms with Gasteiger partial charge >= 0.3 is 0 Å². The lowest BCUT2D eigenvalue weighted by atomic mass is 10.2. The molecule has 7 heteroatoms. The molecule has 23 heavy (non-hydrogen) atoms. The number of carbonyl (C=O) groups is 2. The highest BCUT2D eigenvalue weighted by Crippen LogP contribution is 2.16. The second kappa shape index (κ2) is 7.94. The van der Waals surface area contributed by atoms with Crippen LogP contribution in [0.2, 0.25) is 0 Å². The molecule has 2 aromatic rings. The number of amides is 2. The second-order valence-electron chi connectivity index (χ2n) is 5.03. The van der Waals surface area contributed by atoms with Gasteiger partial charge in [-0.05, 0) is 66.3 Å². The number of halogens is 1. The van der Waals surface area contributed by atoms with Gasteiger partial charge in [-0.2, -0.15) is 0 Å². The monoisotopic (exact) mass is 379 g/mol. The van der Waals surface area contributed by atoms with Crippen LogP contribution in [0.3, 0.4) is 0 Å². The molecule has 0 aliphatic heterocycles. The standard InChI is InChI=1S/C16H18BrN3O3/c1-10(18-2)9-19-15(21)11-3-5-12(6-4-11)20-16(22)13-7-8-14(17)23-13/h3-8,10,18H,9H2,1-2H3,(H,19,21)(H,20,22). The summed E-state index contributed by atoms with van der Waals surface area (Å²) in [6.07, 6.45) is 0. The van der Waals surface area contributed by atoms with Crippen LogP contribution in [0, 0.1) is 0 Å². The lowest BCUT2D eigenvalue weighted by Gasteiger charge is -2.11. The van der Waals surface area contributed by atoms with Gasteiger partial charge in [0.05, 0.1) is 0 Å². The molecule has 0 spiro atoms. The number of carbonyl (C=O) groups excluding carboxylic acids is 2. The molecule has 1 unspecified atom stereocenters. The molecule has 0 saturated heterocycles. The van der Waals surface area contributed by atoms with Gasteiger partial charge in [0, 0.05) is 23.8 Å². The van der Waals surface area contributed by atoms with Crippen LogP contribution in [0.25, 0.3) is 0 Å². The van der Waals surface area contributed by atoms with Crippen molar-refractivity contribution in [2.24, 2.45) is 0 Å². The number of rotatable bonds is 6. The third-order valence-corrected chi connectivity index (χ3v) is 3.69. The molecule has 0 radical (unpaired) electrons. The average Bonchev–Trinajstić information content (AvgIpc) is 2.99. The van der Waals surface area contributed by atoms with Crippen molar-refractivity contribution in [2.45, 2.75) is 13.0 Å². The predicted octanol–water partition coefficient (Wildman–Crippen LogP) is 2.63. The number of likely N-dealkylation sites (N-methyl/N-ethyl adjacent to an activating group) is 1. The molecule has 0 aliphatic rings. The van der Waals surface area contributed by atoms with E-state index >= 15 is 0 Å². The Kier molecular flexibility index (Phi) is 5.95. The van der Waals surface area contributed by atoms with Gasteiger partial charge < -0.3 is 20.4 Å². The van der Waals surface area contributed by atoms with Crippen LogP contribution in [0.4, 0.5) is 5.69 Å². The Morgan fingerprint density at radius 2 is 1.83 bits per heavy atom. The van der Waals surface area contributed by atoms with Gasteiger partial charge in [0.25, 0.3) is 11.8 Å². The molecule has 1 heterocycles. The maximum atomic E-state index is 12.0. The summed E-state index contributed by atoms with van der Waals surface area (Å²) in [6.45, 7) is 2.52. The third kappa shape index (κ3) is 4.94. The summed E-state index contributed by atoms with van der Waals surface area (Å²) in [5.41, 5.74) is 1.12. The molecule has 3 N–H and O–H groups in total. The Balaban J connectivity index is 1.94. The first-order valence-electron chi connectivity index (χ1n) is 7.12. The second-order valence-corrected chi connectivity index (χ2v) is 5.82. The van der Waals surface area contributed by atoms with Gasteiger partial charge in [-0.1, -0.05) is 0 Å². The van der Waals surface area contributed by atoms with Gasteiger partial charge in [0.1, 0.15) is 0 Å². The summed E-state index contributed by atoms with van der Waals surface area (Å²) < 4.78 is 5.67. The lowest BCUT2D eigenvalue weighted by Crippen LogP contribution is -2.37. The largest absolute Gasteiger partial charge is 0.444 e. The first-order valence-corrected chi connectivity index (χ1v) is 7.91. The fourth-order valence-corrected chi connectivity index (χ4v) is 2.09. The van der Waals surface area contributed by atoms with Crippen LogP contribution in [-0.4, -0.2) is 31.4 Å². The summed E-state index contributed by atoms with van der Waals surface area (Å²) in [6, 6.07) is 10.1. The van der Waals surface area contributed by atoms with Crippen molar-refractivity contribution in [3.8, 4) is 0 Å². The topological polar surface area (TPSA) is 83.4 Å². The number of nitrogens with one attached hydrogen (secondary N) is 3. The van der Waals surface area contributed by atoms with Gasteiger partial charge in [0.15, 0.2) is 10.4 Å². The summed E-state index contributed by atoms with van der Waals surface area (Å²) in [4.78, 5) is 23.9. The number of benzene rings is 1. The fourth-order valence-electron chi connectivity index (χ4n) is 1.78. The van der Waals surface area contributed by atoms with Crippen LogP contribution >= 0.6 is 15.9 Å². The van der Waals surface area contributed by atoms with Crippen molar-refractivity contribution in [3.63, 3.8) is 0 Å². The highest BCUT2D eigenvalue weighted by atomic mass is 79.9. The molecule has 1 atom stereocenters. The predicted molar refractivity (Wildman–Crippen MR) is 91.7 cm³/mol. The van der Waals surface area contributed by atoms with Gasteiger partial charge in [-0.25, -0.2) is 0 Å². The van der Waals surface area contributed by atoms with Gasteiger partial charge in [0.2, 0.25) is 0 Å². The molecule has 1 aromatic carbocycles. The SMILES string of the molecule is CNC(C)CNC(=O)c1ccc(NC(=O)c2ccc(Br)o2)cc1. The van der Waals surface area contributed by atoms with E-state index in [0.29, 0.717) is 22.5 Å². The van der Waals surface area contributed by atoms with E-state index in [2.05, 4.69) is 31.9 Å². The number of hydrogen-bond acceptors (Lipinski definition) is 4. The first kappa shape index (κ1) is 17.2. The number of furan rings is 1. The minimum absolute atomic E-state index is 0.153. The third-order valence-electron chi connectivity index (χ3n) is 3.26. The van der Waals surface area contributed by atoms with Crippen molar-refractivity contribution in [1.82, 2.24) is 10.6 Å². The Bertz CT molecular complexity index is 682. The molecule has 2 amide bonds. The fraction of sp³-hybridized carbons (Fsp3) is 0.250. The quantitative estimate of drug-likeness (QED) is 0.720. The summed E-state index contributed by atoms with van der Waals surface area (Å²) in [5, 5.41) is 8.58. The first-order chi connectivity index (χ1) is 11.0. The van der Waals surface area contributed by atoms with Gasteiger partial charge in [-0.15, -0.1) is 0 Å². The number of anilines is 1. The van der Waals surface area contributed by atoms with E-state index in [0.717, 1.165) is 0 Å². The minimum atomic E-state index is -0.351. The van der Waals surface area contributed by atoms with E-state index in [1.54, 1.807) is 36.4 Å². The van der Waals surface area contributed by atoms with Crippen LogP contribution in [-0.2, 0) is 0 Å². The molecule has 0 fully saturated rings. The zero-order valence-electron chi connectivity index (χ0n) is 12.9. The molecular formula is C16H18BrN3O3. The zero-order chi connectivity index (χ0) is 16.8. The summed E-state index contributed by atoms with van der Waals surface area (Å²) in [5.74, 6) is -0.296. The average molecular weight is 380 g/mol. The maximum Gasteiger partial charge on any atom is 0.291 e. The van der Waals surface area contributed by atoms with Crippen molar-refractivity contribution >= 4 is 33.4 Å². The molecule has 0 saturated carbocycles. The summed E-state index contributed by atoms with van der Waals surface area (Å²) >= 11 is 3.15. The van der Waals surface area contributed by atoms with Crippen molar-refractivity contribution < 1.29 is 14.0 Å². The molecule has 0 bridgehead atoms. The molecule has 122 valence electrons. The van der Waals surface area contributed by atoms with E-state index < -0.39 is 0 Å². The van der Waals surface area contributed by atoms with Crippen LogP contribution < -0.4 is 16.0 Å². The molecule has 1 aromatic heterocycles. The van der Waals surface area contributed by atoms with Crippen LogP contribution in [0.15, 0.2) is 45.5 Å². The zero-order valence-corrected chi connectivity index (χ0v) is 14.4. The smallest absolute Gasteiger partial charge is 0.291 e. The summed E-state index contributed by atoms with van der Waals surface area (Å²) in [7, 11) is 1.84. The van der Waals surface area contributed by atoms with Crippen molar-refractivity contribution in [1.29, 1.82) is 0 Å². The Labute approximate surface area is 142 Å². The van der Waals surface area contributed by atoms with E-state index in [9.17, 15) is 9.59 Å². The van der Waals surface area contributed by atoms with Crippen molar-refractivity contribution in [3.05, 3.63) is 52.4 Å². The maximum absolute atomic E-state index is 12.0. The van der Waals surface area contributed by atoms with Crippen LogP contribution in [0.5, 0.6) is 0 Å². The van der Waals surface area contributed by atoms with Crippen LogP contribution in [0.1, 0.15) is 27.8 Å². The molecule has 6 nitrogen and oxygen atoms in total. The van der Waals surface area contributed by atoms with Crippen molar-refractivity contribution in [2.75, 3.05) is 18.9 Å². The minimum Gasteiger partial charge on any atom is -0.444 e. The molecular weight excluding hydrogens is 362 g/mol. The normalized spacial score (nSPS) is 11.8. The molecule has 2 rings (SSSR count). The Morgan fingerprint density at radius 1 is 1.13 bits per heavy atom. The van der Waals surface area contributed by atoms with E-state index in [1.807, 2.05) is 14.0 Å². The highest BCUT2D eigenvalue weighted by molar-refractivity contribution is 9.10. The van der Waals surface area contributed by atoms with E-state index in [-0.39, 0.29) is 23.6 Å². The highest BCUT2D eigenvalue weighted by Gasteiger charge is 2.11. The van der Waals surface area contributed by atoms with E-state index in [4.69, 9.17) is 4.42 Å². The number of hydrogen-bond donors (Lipinski definition) is 3. The van der Waals surface area contributed by atoms with Gasteiger partial charge in [-0.3, -0.25) is 9.59 Å².